The molecule has 6 nitrogen and oxygen atoms in total. The Kier molecular flexibility index (Phi) is 3.28. The molecule has 0 radical (unpaired) electrons. The van der Waals surface area contributed by atoms with Crippen LogP contribution in [0, 0.1) is 0 Å². The highest BCUT2D eigenvalue weighted by atomic mass is 32.2. The van der Waals surface area contributed by atoms with Crippen molar-refractivity contribution in [1.29, 1.82) is 0 Å². The molecule has 0 aliphatic heterocycles. The first kappa shape index (κ1) is 13.2. The molecule has 0 saturated carbocycles. The molecule has 8 heteroatoms. The highest BCUT2D eigenvalue weighted by Crippen LogP contribution is 2.21. The molecule has 0 bridgehead atoms. The van der Waals surface area contributed by atoms with Gasteiger partial charge in [0.15, 0.2) is 0 Å². The number of fused-ring (bicyclic) bond motifs is 1. The molecule has 0 aliphatic carbocycles. The van der Waals surface area contributed by atoms with Gasteiger partial charge in [0.2, 0.25) is 5.95 Å². The van der Waals surface area contributed by atoms with E-state index in [1.54, 1.807) is 5.51 Å². The fraction of sp³-hybridized carbons (Fsp3) is 0.167. The van der Waals surface area contributed by atoms with Gasteiger partial charge in [-0.2, -0.15) is 12.8 Å². The lowest BCUT2D eigenvalue weighted by Crippen LogP contribution is -2.02. The summed E-state index contributed by atoms with van der Waals surface area (Å²) in [6.07, 6.45) is 2.92. The molecule has 0 N–H and O–H groups in total. The third kappa shape index (κ3) is 2.72. The summed E-state index contributed by atoms with van der Waals surface area (Å²) in [4.78, 5) is 4.17. The van der Waals surface area contributed by atoms with Gasteiger partial charge in [0, 0.05) is 11.6 Å². The van der Waals surface area contributed by atoms with Crippen LogP contribution in [0.1, 0.15) is 5.56 Å². The second-order valence-corrected chi connectivity index (χ2v) is 6.52. The van der Waals surface area contributed by atoms with Crippen LogP contribution in [0.4, 0.5) is 0 Å². The molecule has 20 heavy (non-hydrogen) atoms. The van der Waals surface area contributed by atoms with E-state index in [9.17, 15) is 8.42 Å². The van der Waals surface area contributed by atoms with Gasteiger partial charge in [0.05, 0.1) is 18.4 Å². The number of hydrogen-bond donors (Lipinski definition) is 0. The fourth-order valence-corrected chi connectivity index (χ4v) is 2.67. The van der Waals surface area contributed by atoms with Crippen LogP contribution in [0.5, 0.6) is 0 Å². The Balaban J connectivity index is 1.94. The van der Waals surface area contributed by atoms with Crippen molar-refractivity contribution < 1.29 is 12.6 Å². The van der Waals surface area contributed by atoms with Gasteiger partial charge in [-0.3, -0.25) is 8.75 Å². The van der Waals surface area contributed by atoms with Crippen molar-refractivity contribution in [2.75, 3.05) is 6.26 Å². The van der Waals surface area contributed by atoms with E-state index < -0.39 is 10.1 Å². The number of nitrogens with zero attached hydrogens (tertiary/aromatic N) is 3. The number of rotatable bonds is 4. The van der Waals surface area contributed by atoms with E-state index in [1.807, 2.05) is 35.0 Å². The molecule has 0 saturated heterocycles. The first-order valence-electron chi connectivity index (χ1n) is 5.74. The zero-order valence-corrected chi connectivity index (χ0v) is 12.2. The van der Waals surface area contributed by atoms with E-state index in [4.69, 9.17) is 4.18 Å². The summed E-state index contributed by atoms with van der Waals surface area (Å²) in [5.41, 5.74) is 3.44. The van der Waals surface area contributed by atoms with Crippen LogP contribution in [0.2, 0.25) is 0 Å². The highest BCUT2D eigenvalue weighted by Gasteiger charge is 2.08. The van der Waals surface area contributed by atoms with Gasteiger partial charge < -0.3 is 0 Å². The summed E-state index contributed by atoms with van der Waals surface area (Å²) in [5.74, 6) is 0.630. The summed E-state index contributed by atoms with van der Waals surface area (Å²) < 4.78 is 32.8. The van der Waals surface area contributed by atoms with Crippen LogP contribution in [0.25, 0.3) is 16.9 Å². The van der Waals surface area contributed by atoms with Gasteiger partial charge in [0.1, 0.15) is 5.51 Å². The van der Waals surface area contributed by atoms with Crippen LogP contribution in [0.15, 0.2) is 36.0 Å². The molecule has 0 unspecified atom stereocenters. The Morgan fingerprint density at radius 3 is 2.90 bits per heavy atom. The van der Waals surface area contributed by atoms with Crippen molar-refractivity contribution in [3.63, 3.8) is 0 Å². The molecule has 0 spiro atoms. The minimum absolute atomic E-state index is 0.0366. The van der Waals surface area contributed by atoms with Gasteiger partial charge >= 0.3 is 0 Å². The minimum atomic E-state index is -3.43. The van der Waals surface area contributed by atoms with Crippen LogP contribution < -0.4 is 0 Å². The largest absolute Gasteiger partial charge is 0.285 e. The molecule has 0 atom stereocenters. The number of aromatic nitrogens is 3. The van der Waals surface area contributed by atoms with E-state index in [0.29, 0.717) is 5.95 Å². The molecular formula is C12H11N3O3S2. The second kappa shape index (κ2) is 4.97. The molecular weight excluding hydrogens is 298 g/mol. The van der Waals surface area contributed by atoms with Crippen molar-refractivity contribution in [1.82, 2.24) is 13.9 Å². The normalized spacial score (nSPS) is 12.1. The summed E-state index contributed by atoms with van der Waals surface area (Å²) in [6.45, 7) is 0.0366. The number of benzene rings is 1. The maximum atomic E-state index is 11.0. The van der Waals surface area contributed by atoms with Gasteiger partial charge in [0.25, 0.3) is 10.1 Å². The molecule has 3 aromatic rings. The van der Waals surface area contributed by atoms with E-state index >= 15 is 0 Å². The summed E-state index contributed by atoms with van der Waals surface area (Å²) >= 11 is 1.29. The minimum Gasteiger partial charge on any atom is -0.285 e. The second-order valence-electron chi connectivity index (χ2n) is 4.28. The Morgan fingerprint density at radius 2 is 2.20 bits per heavy atom. The lowest BCUT2D eigenvalue weighted by molar-refractivity contribution is 0.312. The van der Waals surface area contributed by atoms with E-state index in [1.165, 1.54) is 11.5 Å². The van der Waals surface area contributed by atoms with Crippen LogP contribution in [-0.4, -0.2) is 28.6 Å². The molecule has 2 heterocycles. The third-order valence-electron chi connectivity index (χ3n) is 2.76. The van der Waals surface area contributed by atoms with Crippen molar-refractivity contribution in [3.8, 4) is 5.95 Å². The zero-order valence-electron chi connectivity index (χ0n) is 10.6. The molecule has 0 aliphatic rings. The standard InChI is InChI=1S/C12H11N3O3S2/c1-20(16,17)18-7-9-2-3-11-10(6-9)4-5-15(11)12-13-8-19-14-12/h2-6,8H,7H2,1H3. The lowest BCUT2D eigenvalue weighted by atomic mass is 10.2. The molecule has 0 fully saturated rings. The van der Waals surface area contributed by atoms with Crippen LogP contribution >= 0.6 is 11.5 Å². The van der Waals surface area contributed by atoms with Crippen molar-refractivity contribution >= 4 is 32.6 Å². The maximum absolute atomic E-state index is 11.0. The summed E-state index contributed by atoms with van der Waals surface area (Å²) in [7, 11) is -3.43. The first-order chi connectivity index (χ1) is 9.53. The Hall–Kier alpha value is -1.77. The van der Waals surface area contributed by atoms with Crippen LogP contribution in [-0.2, 0) is 20.9 Å². The smallest absolute Gasteiger partial charge is 0.264 e. The van der Waals surface area contributed by atoms with E-state index in [2.05, 4.69) is 9.36 Å². The average Bonchev–Trinajstić information content (AvgIpc) is 3.03. The Labute approximate surface area is 119 Å². The Bertz CT molecular complexity index is 838. The summed E-state index contributed by atoms with van der Waals surface area (Å²) in [6, 6.07) is 7.55. The highest BCUT2D eigenvalue weighted by molar-refractivity contribution is 7.85. The van der Waals surface area contributed by atoms with Gasteiger partial charge in [-0.05, 0) is 35.3 Å². The average molecular weight is 309 g/mol. The van der Waals surface area contributed by atoms with Crippen molar-refractivity contribution in [2.45, 2.75) is 6.61 Å². The topological polar surface area (TPSA) is 74.1 Å². The monoisotopic (exact) mass is 309 g/mol. The summed E-state index contributed by atoms with van der Waals surface area (Å²) in [5, 5.41) is 0.981. The predicted molar refractivity (Wildman–Crippen MR) is 76.4 cm³/mol. The third-order valence-corrected chi connectivity index (χ3v) is 3.77. The SMILES string of the molecule is CS(=O)(=O)OCc1ccc2c(ccn2-c2ncsn2)c1. The quantitative estimate of drug-likeness (QED) is 0.689. The molecule has 3 rings (SSSR count). The molecule has 2 aromatic heterocycles. The predicted octanol–water partition coefficient (Wildman–Crippen LogP) is 1.96. The molecule has 0 amide bonds. The van der Waals surface area contributed by atoms with Gasteiger partial charge in [-0.25, -0.2) is 4.98 Å². The van der Waals surface area contributed by atoms with Crippen molar-refractivity contribution in [2.24, 2.45) is 0 Å². The van der Waals surface area contributed by atoms with Crippen molar-refractivity contribution in [3.05, 3.63) is 41.5 Å². The lowest BCUT2D eigenvalue weighted by Gasteiger charge is -2.03. The van der Waals surface area contributed by atoms with E-state index in [-0.39, 0.29) is 6.61 Å². The van der Waals surface area contributed by atoms with Gasteiger partial charge in [-0.15, -0.1) is 0 Å². The fourth-order valence-electron chi connectivity index (χ4n) is 1.90. The zero-order chi connectivity index (χ0) is 14.2. The Morgan fingerprint density at radius 1 is 1.35 bits per heavy atom. The number of hydrogen-bond acceptors (Lipinski definition) is 6. The van der Waals surface area contributed by atoms with E-state index in [0.717, 1.165) is 22.7 Å². The van der Waals surface area contributed by atoms with Crippen LogP contribution in [0.3, 0.4) is 0 Å². The molecule has 1 aromatic carbocycles. The maximum Gasteiger partial charge on any atom is 0.264 e. The molecule has 104 valence electrons. The first-order valence-corrected chi connectivity index (χ1v) is 8.39. The van der Waals surface area contributed by atoms with Gasteiger partial charge in [-0.1, -0.05) is 6.07 Å².